The Morgan fingerprint density at radius 3 is 2.63 bits per heavy atom. The molecule has 1 aromatic rings. The summed E-state index contributed by atoms with van der Waals surface area (Å²) >= 11 is 0. The van der Waals surface area contributed by atoms with Crippen molar-refractivity contribution in [2.75, 3.05) is 6.54 Å². The van der Waals surface area contributed by atoms with Crippen molar-refractivity contribution in [3.8, 4) is 0 Å². The summed E-state index contributed by atoms with van der Waals surface area (Å²) in [6.07, 6.45) is 5.80. The number of hydrogen-bond acceptors (Lipinski definition) is 2. The zero-order valence-corrected chi connectivity index (χ0v) is 12.3. The van der Waals surface area contributed by atoms with Crippen molar-refractivity contribution < 1.29 is 5.11 Å². The molecule has 1 aliphatic rings. The Morgan fingerprint density at radius 1 is 1.21 bits per heavy atom. The van der Waals surface area contributed by atoms with Crippen LogP contribution in [0, 0.1) is 0 Å². The van der Waals surface area contributed by atoms with Gasteiger partial charge in [-0.05, 0) is 18.9 Å². The highest BCUT2D eigenvalue weighted by atomic mass is 16.3. The summed E-state index contributed by atoms with van der Waals surface area (Å²) in [5.41, 5.74) is 1.35. The molecular weight excluding hydrogens is 234 g/mol. The molecule has 1 aromatic carbocycles. The third-order valence-electron chi connectivity index (χ3n) is 4.27. The van der Waals surface area contributed by atoms with E-state index < -0.39 is 0 Å². The number of aliphatic hydroxyl groups excluding tert-OH is 1. The molecule has 1 saturated heterocycles. The minimum absolute atomic E-state index is 0.136. The van der Waals surface area contributed by atoms with Crippen molar-refractivity contribution in [1.29, 1.82) is 0 Å². The summed E-state index contributed by atoms with van der Waals surface area (Å²) in [4.78, 5) is 2.40. The van der Waals surface area contributed by atoms with Crippen molar-refractivity contribution in [1.82, 2.24) is 4.90 Å². The SMILES string of the molecule is CCCCCCC(O)C1CN1C(C)c1ccccc1. The molecule has 1 N–H and O–H groups in total. The summed E-state index contributed by atoms with van der Waals surface area (Å²) < 4.78 is 0. The third-order valence-corrected chi connectivity index (χ3v) is 4.27. The smallest absolute Gasteiger partial charge is 0.0708 e. The summed E-state index contributed by atoms with van der Waals surface area (Å²) in [5, 5.41) is 10.2. The predicted octanol–water partition coefficient (Wildman–Crippen LogP) is 3.76. The van der Waals surface area contributed by atoms with E-state index in [9.17, 15) is 5.11 Å². The standard InChI is InChI=1S/C17H27NO/c1-3-4-5-9-12-17(19)16-13-18(16)14(2)15-10-7-6-8-11-15/h6-8,10-11,14,16-17,19H,3-5,9,12-13H2,1-2H3. The molecule has 0 radical (unpaired) electrons. The van der Waals surface area contributed by atoms with Gasteiger partial charge >= 0.3 is 0 Å². The van der Waals surface area contributed by atoms with Crippen LogP contribution in [0.4, 0.5) is 0 Å². The highest BCUT2D eigenvalue weighted by molar-refractivity contribution is 5.20. The Morgan fingerprint density at radius 2 is 1.95 bits per heavy atom. The van der Waals surface area contributed by atoms with Crippen LogP contribution in [-0.2, 0) is 0 Å². The fourth-order valence-electron chi connectivity index (χ4n) is 2.85. The van der Waals surface area contributed by atoms with Crippen molar-refractivity contribution in [2.45, 2.75) is 64.1 Å². The first kappa shape index (κ1) is 14.5. The number of benzene rings is 1. The number of hydrogen-bond donors (Lipinski definition) is 1. The van der Waals surface area contributed by atoms with E-state index in [1.807, 2.05) is 0 Å². The van der Waals surface area contributed by atoms with Gasteiger partial charge in [-0.2, -0.15) is 0 Å². The van der Waals surface area contributed by atoms with Crippen LogP contribution < -0.4 is 0 Å². The maximum absolute atomic E-state index is 10.2. The largest absolute Gasteiger partial charge is 0.391 e. The van der Waals surface area contributed by atoms with Crippen molar-refractivity contribution in [3.63, 3.8) is 0 Å². The first-order valence-corrected chi connectivity index (χ1v) is 7.72. The molecule has 2 rings (SSSR count). The predicted molar refractivity (Wildman–Crippen MR) is 80.1 cm³/mol. The topological polar surface area (TPSA) is 23.2 Å². The molecule has 2 nitrogen and oxygen atoms in total. The molecule has 0 bridgehead atoms. The van der Waals surface area contributed by atoms with E-state index in [0.717, 1.165) is 13.0 Å². The van der Waals surface area contributed by atoms with Gasteiger partial charge in [0, 0.05) is 18.6 Å². The second kappa shape index (κ2) is 7.06. The van der Waals surface area contributed by atoms with E-state index in [-0.39, 0.29) is 6.10 Å². The first-order valence-electron chi connectivity index (χ1n) is 7.72. The van der Waals surface area contributed by atoms with Gasteiger partial charge in [0.2, 0.25) is 0 Å². The van der Waals surface area contributed by atoms with Gasteiger partial charge < -0.3 is 5.11 Å². The maximum atomic E-state index is 10.2. The van der Waals surface area contributed by atoms with E-state index in [1.54, 1.807) is 0 Å². The fourth-order valence-corrected chi connectivity index (χ4v) is 2.85. The van der Waals surface area contributed by atoms with E-state index in [2.05, 4.69) is 49.1 Å². The zero-order chi connectivity index (χ0) is 13.7. The number of rotatable bonds is 8. The van der Waals surface area contributed by atoms with Crippen LogP contribution in [0.25, 0.3) is 0 Å². The minimum Gasteiger partial charge on any atom is -0.391 e. The van der Waals surface area contributed by atoms with E-state index >= 15 is 0 Å². The molecule has 0 aromatic heterocycles. The zero-order valence-electron chi connectivity index (χ0n) is 12.3. The molecular formula is C17H27NO. The molecule has 1 fully saturated rings. The lowest BCUT2D eigenvalue weighted by atomic mass is 10.1. The number of unbranched alkanes of at least 4 members (excludes halogenated alkanes) is 3. The molecule has 0 amide bonds. The molecule has 1 heterocycles. The normalized spacial score (nSPS) is 25.0. The van der Waals surface area contributed by atoms with Gasteiger partial charge in [-0.1, -0.05) is 62.9 Å². The molecule has 106 valence electrons. The molecule has 0 spiro atoms. The minimum atomic E-state index is -0.136. The van der Waals surface area contributed by atoms with E-state index in [0.29, 0.717) is 12.1 Å². The molecule has 1 aliphatic heterocycles. The summed E-state index contributed by atoms with van der Waals surface area (Å²) in [5.74, 6) is 0. The van der Waals surface area contributed by atoms with Crippen molar-refractivity contribution in [3.05, 3.63) is 35.9 Å². The van der Waals surface area contributed by atoms with Gasteiger partial charge in [0.15, 0.2) is 0 Å². The molecule has 2 heteroatoms. The first-order chi connectivity index (χ1) is 9.24. The maximum Gasteiger partial charge on any atom is 0.0708 e. The lowest BCUT2D eigenvalue weighted by molar-refractivity contribution is 0.136. The Balaban J connectivity index is 1.74. The van der Waals surface area contributed by atoms with Gasteiger partial charge in [-0.15, -0.1) is 0 Å². The van der Waals surface area contributed by atoms with Crippen LogP contribution in [-0.4, -0.2) is 28.7 Å². The Hall–Kier alpha value is -0.860. The second-order valence-electron chi connectivity index (χ2n) is 5.77. The van der Waals surface area contributed by atoms with Gasteiger partial charge in [0.05, 0.1) is 6.10 Å². The summed E-state index contributed by atoms with van der Waals surface area (Å²) in [6, 6.07) is 11.4. The molecule has 4 atom stereocenters. The van der Waals surface area contributed by atoms with E-state index in [1.165, 1.54) is 31.2 Å². The number of aliphatic hydroxyl groups is 1. The molecule has 4 unspecified atom stereocenters. The second-order valence-corrected chi connectivity index (χ2v) is 5.77. The van der Waals surface area contributed by atoms with Gasteiger partial charge in [0.1, 0.15) is 0 Å². The van der Waals surface area contributed by atoms with Crippen LogP contribution in [0.2, 0.25) is 0 Å². The van der Waals surface area contributed by atoms with Crippen LogP contribution in [0.5, 0.6) is 0 Å². The van der Waals surface area contributed by atoms with Crippen LogP contribution >= 0.6 is 0 Å². The monoisotopic (exact) mass is 261 g/mol. The van der Waals surface area contributed by atoms with Gasteiger partial charge in [0.25, 0.3) is 0 Å². The third kappa shape index (κ3) is 4.05. The highest BCUT2D eigenvalue weighted by Gasteiger charge is 2.42. The average molecular weight is 261 g/mol. The molecule has 0 aliphatic carbocycles. The lowest BCUT2D eigenvalue weighted by Crippen LogP contribution is -2.20. The fraction of sp³-hybridized carbons (Fsp3) is 0.647. The lowest BCUT2D eigenvalue weighted by Gasteiger charge is -2.17. The van der Waals surface area contributed by atoms with Gasteiger partial charge in [-0.25, -0.2) is 0 Å². The number of nitrogens with zero attached hydrogens (tertiary/aromatic N) is 1. The Labute approximate surface area is 117 Å². The quantitative estimate of drug-likeness (QED) is 0.569. The Bertz CT molecular complexity index is 365. The average Bonchev–Trinajstić information content (AvgIpc) is 3.24. The van der Waals surface area contributed by atoms with Crippen molar-refractivity contribution in [2.24, 2.45) is 0 Å². The van der Waals surface area contributed by atoms with Crippen LogP contribution in [0.3, 0.4) is 0 Å². The molecule has 0 saturated carbocycles. The van der Waals surface area contributed by atoms with Crippen LogP contribution in [0.1, 0.15) is 57.6 Å². The van der Waals surface area contributed by atoms with E-state index in [4.69, 9.17) is 0 Å². The van der Waals surface area contributed by atoms with Crippen LogP contribution in [0.15, 0.2) is 30.3 Å². The van der Waals surface area contributed by atoms with Crippen molar-refractivity contribution >= 4 is 0 Å². The Kier molecular flexibility index (Phi) is 5.41. The highest BCUT2D eigenvalue weighted by Crippen LogP contribution is 2.34. The molecule has 19 heavy (non-hydrogen) atoms. The summed E-state index contributed by atoms with van der Waals surface area (Å²) in [7, 11) is 0. The summed E-state index contributed by atoms with van der Waals surface area (Å²) in [6.45, 7) is 5.50. The van der Waals surface area contributed by atoms with Gasteiger partial charge in [-0.3, -0.25) is 4.90 Å².